The Morgan fingerprint density at radius 3 is 2.32 bits per heavy atom. The van der Waals surface area contributed by atoms with Gasteiger partial charge < -0.3 is 15.4 Å². The van der Waals surface area contributed by atoms with E-state index in [1.807, 2.05) is 4.90 Å². The minimum atomic E-state index is -0.747. The second kappa shape index (κ2) is 6.20. The van der Waals surface area contributed by atoms with Crippen LogP contribution in [0.1, 0.15) is 26.7 Å². The van der Waals surface area contributed by atoms with E-state index in [4.69, 9.17) is 10.5 Å². The van der Waals surface area contributed by atoms with E-state index in [9.17, 15) is 4.79 Å². The highest BCUT2D eigenvalue weighted by Crippen LogP contribution is 2.17. The summed E-state index contributed by atoms with van der Waals surface area (Å²) in [5.41, 5.74) is 5.13. The molecule has 0 unspecified atom stereocenters. The number of ether oxygens (including phenoxy) is 1. The Labute approximate surface area is 116 Å². The molecule has 5 nitrogen and oxygen atoms in total. The van der Waals surface area contributed by atoms with Crippen LogP contribution in [0.25, 0.3) is 0 Å². The summed E-state index contributed by atoms with van der Waals surface area (Å²) in [5, 5.41) is 0. The van der Waals surface area contributed by atoms with Crippen LogP contribution < -0.4 is 5.73 Å². The summed E-state index contributed by atoms with van der Waals surface area (Å²) < 4.78 is 5.39. The average Bonchev–Trinajstić information content (AvgIpc) is 2.39. The molecular weight excluding hydrogens is 242 g/mol. The van der Waals surface area contributed by atoms with Gasteiger partial charge in [0, 0.05) is 45.9 Å². The number of carbonyl (C=O) groups excluding carboxylic acids is 1. The van der Waals surface area contributed by atoms with Gasteiger partial charge in [-0.25, -0.2) is 0 Å². The predicted molar refractivity (Wildman–Crippen MR) is 74.8 cm³/mol. The molecule has 0 aliphatic carbocycles. The number of amides is 1. The van der Waals surface area contributed by atoms with E-state index < -0.39 is 5.54 Å². The lowest BCUT2D eigenvalue weighted by Gasteiger charge is -2.39. The predicted octanol–water partition coefficient (Wildman–Crippen LogP) is 0.295. The molecule has 2 rings (SSSR count). The molecule has 0 atom stereocenters. The lowest BCUT2D eigenvalue weighted by molar-refractivity contribution is -0.137. The van der Waals surface area contributed by atoms with Crippen LogP contribution >= 0.6 is 0 Å². The third-order valence-electron chi connectivity index (χ3n) is 4.07. The molecule has 2 N–H and O–H groups in total. The average molecular weight is 269 g/mol. The first kappa shape index (κ1) is 14.8. The number of rotatable bonds is 3. The summed E-state index contributed by atoms with van der Waals surface area (Å²) in [5.74, 6) is 0.833. The highest BCUT2D eigenvalue weighted by molar-refractivity contribution is 5.85. The number of hydrogen-bond acceptors (Lipinski definition) is 4. The largest absolute Gasteiger partial charge is 0.381 e. The van der Waals surface area contributed by atoms with Crippen molar-refractivity contribution < 1.29 is 9.53 Å². The Morgan fingerprint density at radius 1 is 1.21 bits per heavy atom. The maximum Gasteiger partial charge on any atom is 0.242 e. The molecule has 0 aromatic rings. The zero-order chi connectivity index (χ0) is 13.9. The minimum absolute atomic E-state index is 0.0678. The Kier molecular flexibility index (Phi) is 4.81. The molecule has 2 aliphatic heterocycles. The molecule has 0 aromatic heterocycles. The van der Waals surface area contributed by atoms with Gasteiger partial charge in [0.2, 0.25) is 5.91 Å². The van der Waals surface area contributed by atoms with Crippen molar-refractivity contribution in [3.05, 3.63) is 0 Å². The second-order valence-electron chi connectivity index (χ2n) is 6.37. The van der Waals surface area contributed by atoms with E-state index >= 15 is 0 Å². The first-order valence-electron chi connectivity index (χ1n) is 7.35. The van der Waals surface area contributed by atoms with Crippen LogP contribution in [-0.4, -0.2) is 67.2 Å². The number of carbonyl (C=O) groups is 1. The lowest BCUT2D eigenvalue weighted by atomic mass is 9.99. The van der Waals surface area contributed by atoms with Crippen LogP contribution in [0.4, 0.5) is 0 Å². The molecule has 2 fully saturated rings. The van der Waals surface area contributed by atoms with Gasteiger partial charge in [0.1, 0.15) is 0 Å². The van der Waals surface area contributed by atoms with E-state index in [0.29, 0.717) is 0 Å². The minimum Gasteiger partial charge on any atom is -0.381 e. The molecule has 2 saturated heterocycles. The Hall–Kier alpha value is -0.650. The lowest BCUT2D eigenvalue weighted by Crippen LogP contribution is -2.57. The Balaban J connectivity index is 1.74. The van der Waals surface area contributed by atoms with E-state index in [2.05, 4.69) is 4.90 Å². The van der Waals surface area contributed by atoms with Crippen molar-refractivity contribution in [3.8, 4) is 0 Å². The van der Waals surface area contributed by atoms with Crippen molar-refractivity contribution in [1.29, 1.82) is 0 Å². The summed E-state index contributed by atoms with van der Waals surface area (Å²) in [6.45, 7) is 10.1. The van der Waals surface area contributed by atoms with Crippen molar-refractivity contribution in [2.75, 3.05) is 45.9 Å². The number of hydrogen-bond donors (Lipinski definition) is 1. The SMILES string of the molecule is CC(C)(N)C(=O)N1CCN(CC2CCOCC2)CC1. The number of piperazine rings is 1. The summed E-state index contributed by atoms with van der Waals surface area (Å²) in [6, 6.07) is 0. The van der Waals surface area contributed by atoms with Crippen molar-refractivity contribution >= 4 is 5.91 Å². The van der Waals surface area contributed by atoms with E-state index in [1.54, 1.807) is 13.8 Å². The molecule has 0 radical (unpaired) electrons. The van der Waals surface area contributed by atoms with Gasteiger partial charge in [-0.15, -0.1) is 0 Å². The smallest absolute Gasteiger partial charge is 0.242 e. The van der Waals surface area contributed by atoms with Gasteiger partial charge in [-0.2, -0.15) is 0 Å². The maximum absolute atomic E-state index is 12.1. The van der Waals surface area contributed by atoms with Gasteiger partial charge >= 0.3 is 0 Å². The van der Waals surface area contributed by atoms with Crippen molar-refractivity contribution in [2.24, 2.45) is 11.7 Å². The molecule has 2 heterocycles. The van der Waals surface area contributed by atoms with Gasteiger partial charge in [-0.3, -0.25) is 9.69 Å². The van der Waals surface area contributed by atoms with Crippen LogP contribution in [0.3, 0.4) is 0 Å². The molecule has 0 aromatic carbocycles. The molecule has 0 saturated carbocycles. The Bertz CT molecular complexity index is 300. The maximum atomic E-state index is 12.1. The third kappa shape index (κ3) is 4.16. The van der Waals surface area contributed by atoms with Crippen LogP contribution in [0.2, 0.25) is 0 Å². The molecule has 2 aliphatic rings. The summed E-state index contributed by atoms with van der Waals surface area (Å²) >= 11 is 0. The standard InChI is InChI=1S/C14H27N3O2/c1-14(2,15)13(18)17-7-5-16(6-8-17)11-12-3-9-19-10-4-12/h12H,3-11,15H2,1-2H3. The van der Waals surface area contributed by atoms with Crippen molar-refractivity contribution in [1.82, 2.24) is 9.80 Å². The quantitative estimate of drug-likeness (QED) is 0.800. The van der Waals surface area contributed by atoms with Gasteiger partial charge in [0.15, 0.2) is 0 Å². The summed E-state index contributed by atoms with van der Waals surface area (Å²) in [7, 11) is 0. The molecule has 19 heavy (non-hydrogen) atoms. The molecule has 0 bridgehead atoms. The first-order chi connectivity index (χ1) is 8.97. The fourth-order valence-electron chi connectivity index (χ4n) is 2.84. The van der Waals surface area contributed by atoms with Gasteiger partial charge in [-0.05, 0) is 32.6 Å². The molecule has 5 heteroatoms. The first-order valence-corrected chi connectivity index (χ1v) is 7.35. The third-order valence-corrected chi connectivity index (χ3v) is 4.07. The zero-order valence-corrected chi connectivity index (χ0v) is 12.2. The fourth-order valence-corrected chi connectivity index (χ4v) is 2.84. The van der Waals surface area contributed by atoms with Crippen LogP contribution in [0.15, 0.2) is 0 Å². The van der Waals surface area contributed by atoms with Crippen LogP contribution in [-0.2, 0) is 9.53 Å². The zero-order valence-electron chi connectivity index (χ0n) is 12.2. The molecule has 0 spiro atoms. The topological polar surface area (TPSA) is 58.8 Å². The van der Waals surface area contributed by atoms with Gasteiger partial charge in [0.25, 0.3) is 0 Å². The van der Waals surface area contributed by atoms with E-state index in [1.165, 1.54) is 12.8 Å². The summed E-state index contributed by atoms with van der Waals surface area (Å²) in [6.07, 6.45) is 2.35. The molecule has 1 amide bonds. The second-order valence-corrected chi connectivity index (χ2v) is 6.37. The van der Waals surface area contributed by atoms with Crippen LogP contribution in [0, 0.1) is 5.92 Å². The highest BCUT2D eigenvalue weighted by Gasteiger charge is 2.30. The summed E-state index contributed by atoms with van der Waals surface area (Å²) in [4.78, 5) is 16.5. The van der Waals surface area contributed by atoms with Gasteiger partial charge in [-0.1, -0.05) is 0 Å². The van der Waals surface area contributed by atoms with Crippen molar-refractivity contribution in [3.63, 3.8) is 0 Å². The van der Waals surface area contributed by atoms with E-state index in [-0.39, 0.29) is 5.91 Å². The molecule has 110 valence electrons. The Morgan fingerprint density at radius 2 is 1.79 bits per heavy atom. The highest BCUT2D eigenvalue weighted by atomic mass is 16.5. The van der Waals surface area contributed by atoms with Crippen molar-refractivity contribution in [2.45, 2.75) is 32.2 Å². The number of nitrogens with two attached hydrogens (primary N) is 1. The number of nitrogens with zero attached hydrogens (tertiary/aromatic N) is 2. The normalized spacial score (nSPS) is 23.6. The van der Waals surface area contributed by atoms with Crippen LogP contribution in [0.5, 0.6) is 0 Å². The monoisotopic (exact) mass is 269 g/mol. The van der Waals surface area contributed by atoms with E-state index in [0.717, 1.165) is 51.9 Å². The fraction of sp³-hybridized carbons (Fsp3) is 0.929. The molecular formula is C14H27N3O2. The van der Waals surface area contributed by atoms with Gasteiger partial charge in [0.05, 0.1) is 5.54 Å².